The number of hydrogen-bond acceptors (Lipinski definition) is 3. The van der Waals surface area contributed by atoms with E-state index >= 15 is 0 Å². The molecule has 0 saturated carbocycles. The molecule has 2 fully saturated rings. The van der Waals surface area contributed by atoms with Gasteiger partial charge in [0.05, 0.1) is 12.0 Å². The van der Waals surface area contributed by atoms with Gasteiger partial charge in [0.2, 0.25) is 5.91 Å². The monoisotopic (exact) mass is 297 g/mol. The van der Waals surface area contributed by atoms with Crippen molar-refractivity contribution in [3.05, 3.63) is 0 Å². The second-order valence-corrected chi connectivity index (χ2v) is 6.85. The molecular weight excluding hydrogens is 274 g/mol. The van der Waals surface area contributed by atoms with E-state index in [4.69, 9.17) is 5.11 Å². The lowest BCUT2D eigenvalue weighted by Crippen LogP contribution is -2.48. The van der Waals surface area contributed by atoms with Gasteiger partial charge in [0.25, 0.3) is 0 Å². The molecule has 0 aromatic heterocycles. The normalized spacial score (nSPS) is 26.3. The van der Waals surface area contributed by atoms with Crippen molar-refractivity contribution in [2.24, 2.45) is 5.92 Å². The van der Waals surface area contributed by atoms with Crippen molar-refractivity contribution >= 4 is 17.9 Å². The summed E-state index contributed by atoms with van der Waals surface area (Å²) < 4.78 is 0. The molecule has 2 unspecified atom stereocenters. The maximum atomic E-state index is 12.1. The average molecular weight is 297 g/mol. The Labute approximate surface area is 124 Å². The Morgan fingerprint density at radius 3 is 2.48 bits per heavy atom. The van der Waals surface area contributed by atoms with Gasteiger partial charge in [0.1, 0.15) is 0 Å². The van der Waals surface area contributed by atoms with Gasteiger partial charge in [-0.3, -0.25) is 9.59 Å². The van der Waals surface area contributed by atoms with Crippen LogP contribution in [-0.2, 0) is 9.59 Å². The standard InChI is InChI=1S/C14H23N3O4/c1-14(2,3)15-13(21)16-5-4-10(8-16)17-7-9(12(19)20)6-11(17)18/h9-10H,4-8H2,1-3H3,(H,15,21)(H,19,20). The van der Waals surface area contributed by atoms with Crippen molar-refractivity contribution in [1.29, 1.82) is 0 Å². The van der Waals surface area contributed by atoms with Crippen LogP contribution in [0.3, 0.4) is 0 Å². The van der Waals surface area contributed by atoms with E-state index in [-0.39, 0.29) is 36.5 Å². The number of hydrogen-bond donors (Lipinski definition) is 2. The first-order valence-corrected chi connectivity index (χ1v) is 7.27. The van der Waals surface area contributed by atoms with Gasteiger partial charge in [-0.25, -0.2) is 4.79 Å². The molecule has 2 atom stereocenters. The van der Waals surface area contributed by atoms with Gasteiger partial charge in [0.15, 0.2) is 0 Å². The van der Waals surface area contributed by atoms with Crippen LogP contribution < -0.4 is 5.32 Å². The quantitative estimate of drug-likeness (QED) is 0.776. The summed E-state index contributed by atoms with van der Waals surface area (Å²) in [5, 5.41) is 11.9. The minimum atomic E-state index is -0.925. The molecule has 2 saturated heterocycles. The number of aliphatic carboxylic acids is 1. The van der Waals surface area contributed by atoms with Crippen LogP contribution in [0.2, 0.25) is 0 Å². The number of nitrogens with one attached hydrogen (secondary N) is 1. The highest BCUT2D eigenvalue weighted by Gasteiger charge is 2.41. The lowest BCUT2D eigenvalue weighted by molar-refractivity contribution is -0.141. The molecule has 2 rings (SSSR count). The van der Waals surface area contributed by atoms with Crippen LogP contribution in [0, 0.1) is 5.92 Å². The number of carboxylic acid groups (broad SMARTS) is 1. The lowest BCUT2D eigenvalue weighted by Gasteiger charge is -2.27. The van der Waals surface area contributed by atoms with E-state index in [2.05, 4.69) is 5.32 Å². The Hall–Kier alpha value is -1.79. The van der Waals surface area contributed by atoms with Gasteiger partial charge in [-0.1, -0.05) is 0 Å². The largest absolute Gasteiger partial charge is 0.481 e. The Morgan fingerprint density at radius 2 is 1.95 bits per heavy atom. The predicted molar refractivity (Wildman–Crippen MR) is 75.7 cm³/mol. The minimum Gasteiger partial charge on any atom is -0.481 e. The van der Waals surface area contributed by atoms with Crippen LogP contribution in [0.5, 0.6) is 0 Å². The summed E-state index contributed by atoms with van der Waals surface area (Å²) in [5.41, 5.74) is -0.299. The van der Waals surface area contributed by atoms with Gasteiger partial charge in [0, 0.05) is 31.6 Å². The number of carbonyl (C=O) groups excluding carboxylic acids is 2. The van der Waals surface area contributed by atoms with Gasteiger partial charge in [-0.2, -0.15) is 0 Å². The lowest BCUT2D eigenvalue weighted by atomic mass is 10.1. The molecule has 2 aliphatic heterocycles. The fourth-order valence-electron chi connectivity index (χ4n) is 2.83. The predicted octanol–water partition coefficient (Wildman–Crippen LogP) is 0.502. The van der Waals surface area contributed by atoms with E-state index in [0.29, 0.717) is 19.5 Å². The average Bonchev–Trinajstić information content (AvgIpc) is 2.92. The highest BCUT2D eigenvalue weighted by molar-refractivity contribution is 5.86. The van der Waals surface area contributed by atoms with Crippen molar-refractivity contribution in [2.75, 3.05) is 19.6 Å². The third-order valence-electron chi connectivity index (χ3n) is 3.88. The fourth-order valence-corrected chi connectivity index (χ4v) is 2.83. The van der Waals surface area contributed by atoms with Crippen molar-refractivity contribution in [1.82, 2.24) is 15.1 Å². The summed E-state index contributed by atoms with van der Waals surface area (Å²) in [7, 11) is 0. The number of rotatable bonds is 2. The first-order chi connectivity index (χ1) is 9.67. The SMILES string of the molecule is CC(C)(C)NC(=O)N1CCC(N2CC(C(=O)O)CC2=O)C1. The zero-order valence-corrected chi connectivity index (χ0v) is 12.8. The van der Waals surface area contributed by atoms with E-state index in [1.54, 1.807) is 9.80 Å². The first-order valence-electron chi connectivity index (χ1n) is 7.27. The Morgan fingerprint density at radius 1 is 1.29 bits per heavy atom. The maximum Gasteiger partial charge on any atom is 0.317 e. The van der Waals surface area contributed by atoms with E-state index in [0.717, 1.165) is 0 Å². The zero-order valence-electron chi connectivity index (χ0n) is 12.8. The molecule has 21 heavy (non-hydrogen) atoms. The maximum absolute atomic E-state index is 12.1. The number of likely N-dealkylation sites (tertiary alicyclic amines) is 2. The summed E-state index contributed by atoms with van der Waals surface area (Å²) in [4.78, 5) is 38.3. The molecule has 2 aliphatic rings. The molecule has 0 aromatic carbocycles. The van der Waals surface area contributed by atoms with Crippen LogP contribution in [0.15, 0.2) is 0 Å². The van der Waals surface area contributed by atoms with E-state index in [1.165, 1.54) is 0 Å². The Balaban J connectivity index is 1.92. The molecule has 0 bridgehead atoms. The first kappa shape index (κ1) is 15.6. The summed E-state index contributed by atoms with van der Waals surface area (Å²) >= 11 is 0. The van der Waals surface area contributed by atoms with Crippen LogP contribution in [0.25, 0.3) is 0 Å². The van der Waals surface area contributed by atoms with Crippen molar-refractivity contribution in [2.45, 2.75) is 45.2 Å². The van der Waals surface area contributed by atoms with Gasteiger partial charge < -0.3 is 20.2 Å². The van der Waals surface area contributed by atoms with Crippen LogP contribution in [-0.4, -0.2) is 64.0 Å². The third-order valence-corrected chi connectivity index (χ3v) is 3.88. The second-order valence-electron chi connectivity index (χ2n) is 6.85. The molecular formula is C14H23N3O4. The Bertz CT molecular complexity index is 458. The Kier molecular flexibility index (Phi) is 4.11. The topological polar surface area (TPSA) is 90.0 Å². The van der Waals surface area contributed by atoms with Gasteiger partial charge >= 0.3 is 12.0 Å². The summed E-state index contributed by atoms with van der Waals surface area (Å²) in [6.07, 6.45) is 0.773. The molecule has 2 heterocycles. The molecule has 2 N–H and O–H groups in total. The minimum absolute atomic E-state index is 0.0624. The third kappa shape index (κ3) is 3.65. The number of urea groups is 1. The van der Waals surface area contributed by atoms with Crippen molar-refractivity contribution in [3.8, 4) is 0 Å². The molecule has 3 amide bonds. The highest BCUT2D eigenvalue weighted by Crippen LogP contribution is 2.25. The molecule has 0 aromatic rings. The zero-order chi connectivity index (χ0) is 15.8. The highest BCUT2D eigenvalue weighted by atomic mass is 16.4. The summed E-state index contributed by atoms with van der Waals surface area (Å²) in [6.45, 7) is 7.07. The van der Waals surface area contributed by atoms with Crippen molar-refractivity contribution in [3.63, 3.8) is 0 Å². The van der Waals surface area contributed by atoms with Crippen LogP contribution in [0.4, 0.5) is 4.79 Å². The smallest absolute Gasteiger partial charge is 0.317 e. The summed E-state index contributed by atoms with van der Waals surface area (Å²) in [6, 6.07) is -0.195. The van der Waals surface area contributed by atoms with Gasteiger partial charge in [-0.15, -0.1) is 0 Å². The number of amides is 3. The molecule has 0 spiro atoms. The molecule has 7 heteroatoms. The van der Waals surface area contributed by atoms with Crippen molar-refractivity contribution < 1.29 is 19.5 Å². The summed E-state index contributed by atoms with van der Waals surface area (Å²) in [5.74, 6) is -1.66. The molecule has 0 radical (unpaired) electrons. The number of carbonyl (C=O) groups is 3. The number of carboxylic acids is 1. The van der Waals surface area contributed by atoms with E-state index in [1.807, 2.05) is 20.8 Å². The fraction of sp³-hybridized carbons (Fsp3) is 0.786. The number of nitrogens with zero attached hydrogens (tertiary/aromatic N) is 2. The van der Waals surface area contributed by atoms with Crippen LogP contribution in [0.1, 0.15) is 33.6 Å². The van der Waals surface area contributed by atoms with E-state index in [9.17, 15) is 14.4 Å². The second kappa shape index (κ2) is 5.54. The van der Waals surface area contributed by atoms with E-state index < -0.39 is 11.9 Å². The van der Waals surface area contributed by atoms with Gasteiger partial charge in [-0.05, 0) is 27.2 Å². The van der Waals surface area contributed by atoms with Crippen LogP contribution >= 0.6 is 0 Å². The molecule has 7 nitrogen and oxygen atoms in total. The molecule has 118 valence electrons. The molecule has 0 aliphatic carbocycles.